The molecule has 166 valence electrons. The van der Waals surface area contributed by atoms with Crippen LogP contribution >= 0.6 is 0 Å². The second-order valence-corrected chi connectivity index (χ2v) is 9.86. The van der Waals surface area contributed by atoms with E-state index in [2.05, 4.69) is 33.8 Å². The molecule has 1 aliphatic carbocycles. The van der Waals surface area contributed by atoms with Crippen LogP contribution < -0.4 is 9.62 Å². The number of amides is 1. The number of hydrogen-bond donors (Lipinski definition) is 1. The fourth-order valence-corrected chi connectivity index (χ4v) is 5.46. The summed E-state index contributed by atoms with van der Waals surface area (Å²) in [6.07, 6.45) is 4.33. The Kier molecular flexibility index (Phi) is 6.54. The number of ether oxygens (including phenoxy) is 1. The molecule has 0 atom stereocenters. The van der Waals surface area contributed by atoms with Crippen LogP contribution in [-0.4, -0.2) is 56.7 Å². The van der Waals surface area contributed by atoms with Crippen molar-refractivity contribution in [2.75, 3.05) is 25.1 Å². The molecule has 1 aromatic heterocycles. The molecule has 0 bridgehead atoms. The lowest BCUT2D eigenvalue weighted by Gasteiger charge is -2.35. The molecule has 31 heavy (non-hydrogen) atoms. The summed E-state index contributed by atoms with van der Waals surface area (Å²) in [6, 6.07) is 13.8. The van der Waals surface area contributed by atoms with Crippen LogP contribution in [0.3, 0.4) is 0 Å². The minimum absolute atomic E-state index is 0.0837. The van der Waals surface area contributed by atoms with Gasteiger partial charge in [-0.05, 0) is 50.4 Å². The average Bonchev–Trinajstić information content (AvgIpc) is 3.20. The normalized spacial score (nSPS) is 22.0. The molecule has 1 aromatic carbocycles. The quantitative estimate of drug-likeness (QED) is 0.706. The van der Waals surface area contributed by atoms with Crippen molar-refractivity contribution < 1.29 is 17.9 Å². The predicted octanol–water partition coefficient (Wildman–Crippen LogP) is 2.76. The molecule has 2 aromatic rings. The summed E-state index contributed by atoms with van der Waals surface area (Å²) in [5, 5.41) is 0. The SMILES string of the molecule is CN(Cc1ccccc1)C1CCC(NS(=O)(=O)c2ccc(N3CCOC3=O)nc2)CC1. The number of hydrogen-bond acceptors (Lipinski definition) is 6. The van der Waals surface area contributed by atoms with Crippen LogP contribution in [0.5, 0.6) is 0 Å². The minimum Gasteiger partial charge on any atom is -0.447 e. The third-order valence-corrected chi connectivity index (χ3v) is 7.49. The summed E-state index contributed by atoms with van der Waals surface area (Å²) in [5.74, 6) is 0.392. The van der Waals surface area contributed by atoms with E-state index >= 15 is 0 Å². The van der Waals surface area contributed by atoms with Crippen molar-refractivity contribution in [1.82, 2.24) is 14.6 Å². The van der Waals surface area contributed by atoms with Gasteiger partial charge in [-0.2, -0.15) is 0 Å². The molecule has 8 nitrogen and oxygen atoms in total. The topological polar surface area (TPSA) is 91.8 Å². The Morgan fingerprint density at radius 2 is 1.87 bits per heavy atom. The van der Waals surface area contributed by atoms with Crippen LogP contribution in [0.2, 0.25) is 0 Å². The second-order valence-electron chi connectivity index (χ2n) is 8.15. The van der Waals surface area contributed by atoms with Gasteiger partial charge in [-0.25, -0.2) is 22.9 Å². The number of benzene rings is 1. The maximum atomic E-state index is 12.8. The molecule has 1 amide bonds. The number of carbonyl (C=O) groups excluding carboxylic acids is 1. The van der Waals surface area contributed by atoms with E-state index in [1.807, 2.05) is 18.2 Å². The molecule has 9 heteroatoms. The van der Waals surface area contributed by atoms with E-state index in [1.54, 1.807) is 0 Å². The van der Waals surface area contributed by atoms with Gasteiger partial charge in [-0.1, -0.05) is 30.3 Å². The zero-order chi connectivity index (χ0) is 21.8. The highest BCUT2D eigenvalue weighted by Crippen LogP contribution is 2.25. The highest BCUT2D eigenvalue weighted by molar-refractivity contribution is 7.89. The zero-order valence-electron chi connectivity index (χ0n) is 17.6. The molecule has 1 aliphatic heterocycles. The number of rotatable bonds is 7. The van der Waals surface area contributed by atoms with Gasteiger partial charge in [0.1, 0.15) is 17.3 Å². The molecular formula is C22H28N4O4S. The largest absolute Gasteiger partial charge is 0.447 e. The molecule has 1 saturated heterocycles. The minimum atomic E-state index is -3.66. The maximum Gasteiger partial charge on any atom is 0.415 e. The lowest BCUT2D eigenvalue weighted by molar-refractivity contribution is 0.173. The van der Waals surface area contributed by atoms with Gasteiger partial charge in [0, 0.05) is 24.8 Å². The highest BCUT2D eigenvalue weighted by atomic mass is 32.2. The number of aromatic nitrogens is 1. The average molecular weight is 445 g/mol. The summed E-state index contributed by atoms with van der Waals surface area (Å²) in [7, 11) is -1.53. The first-order valence-corrected chi connectivity index (χ1v) is 12.1. The summed E-state index contributed by atoms with van der Waals surface area (Å²) in [6.45, 7) is 1.62. The van der Waals surface area contributed by atoms with Gasteiger partial charge in [0.05, 0.1) is 6.54 Å². The van der Waals surface area contributed by atoms with E-state index in [-0.39, 0.29) is 10.9 Å². The first-order valence-electron chi connectivity index (χ1n) is 10.6. The van der Waals surface area contributed by atoms with Crippen molar-refractivity contribution in [3.63, 3.8) is 0 Å². The number of carbonyl (C=O) groups is 1. The van der Waals surface area contributed by atoms with Gasteiger partial charge in [-0.3, -0.25) is 9.80 Å². The Morgan fingerprint density at radius 1 is 1.13 bits per heavy atom. The van der Waals surface area contributed by atoms with Gasteiger partial charge in [0.2, 0.25) is 10.0 Å². The van der Waals surface area contributed by atoms with Crippen LogP contribution in [0.15, 0.2) is 53.6 Å². The fourth-order valence-electron chi connectivity index (χ4n) is 4.22. The first kappa shape index (κ1) is 21.7. The Balaban J connectivity index is 1.30. The second kappa shape index (κ2) is 9.33. The van der Waals surface area contributed by atoms with Crippen molar-refractivity contribution in [2.24, 2.45) is 0 Å². The Hall–Kier alpha value is -2.49. The number of pyridine rings is 1. The van der Waals surface area contributed by atoms with Crippen LogP contribution in [0.1, 0.15) is 31.2 Å². The van der Waals surface area contributed by atoms with Crippen LogP contribution in [0.4, 0.5) is 10.6 Å². The molecule has 2 aliphatic rings. The van der Waals surface area contributed by atoms with Gasteiger partial charge in [0.15, 0.2) is 0 Å². The van der Waals surface area contributed by atoms with Gasteiger partial charge in [0.25, 0.3) is 0 Å². The monoisotopic (exact) mass is 444 g/mol. The summed E-state index contributed by atoms with van der Waals surface area (Å²) >= 11 is 0. The predicted molar refractivity (Wildman–Crippen MR) is 117 cm³/mol. The lowest BCUT2D eigenvalue weighted by Crippen LogP contribution is -2.42. The summed E-state index contributed by atoms with van der Waals surface area (Å²) in [5.41, 5.74) is 1.28. The van der Waals surface area contributed by atoms with E-state index in [1.165, 1.54) is 28.8 Å². The van der Waals surface area contributed by atoms with E-state index in [9.17, 15) is 13.2 Å². The number of cyclic esters (lactones) is 1. The number of anilines is 1. The van der Waals surface area contributed by atoms with Crippen molar-refractivity contribution in [2.45, 2.75) is 49.2 Å². The summed E-state index contributed by atoms with van der Waals surface area (Å²) in [4.78, 5) is 19.6. The van der Waals surface area contributed by atoms with Gasteiger partial charge < -0.3 is 4.74 Å². The van der Waals surface area contributed by atoms with E-state index in [4.69, 9.17) is 4.74 Å². The molecule has 1 saturated carbocycles. The summed E-state index contributed by atoms with van der Waals surface area (Å²) < 4.78 is 33.3. The van der Waals surface area contributed by atoms with Gasteiger partial charge in [-0.15, -0.1) is 0 Å². The van der Waals surface area contributed by atoms with Crippen molar-refractivity contribution in [1.29, 1.82) is 0 Å². The number of nitrogens with zero attached hydrogens (tertiary/aromatic N) is 3. The third-order valence-electron chi connectivity index (χ3n) is 5.99. The van der Waals surface area contributed by atoms with E-state index < -0.39 is 16.1 Å². The smallest absolute Gasteiger partial charge is 0.415 e. The molecule has 0 unspecified atom stereocenters. The Morgan fingerprint density at radius 3 is 2.48 bits per heavy atom. The molecule has 2 heterocycles. The molecule has 1 N–H and O–H groups in total. The van der Waals surface area contributed by atoms with Crippen LogP contribution in [-0.2, 0) is 21.3 Å². The van der Waals surface area contributed by atoms with Crippen molar-refractivity contribution >= 4 is 21.9 Å². The first-order chi connectivity index (χ1) is 14.9. The molecule has 0 radical (unpaired) electrons. The standard InChI is InChI=1S/C22H28N4O4S/c1-25(16-17-5-3-2-4-6-17)19-9-7-18(8-10-19)24-31(28,29)20-11-12-21(23-15-20)26-13-14-30-22(26)27/h2-6,11-12,15,18-19,24H,7-10,13-14,16H2,1H3. The fraction of sp³-hybridized carbons (Fsp3) is 0.455. The Labute approximate surface area is 183 Å². The number of nitrogens with one attached hydrogen (secondary N) is 1. The van der Waals surface area contributed by atoms with Crippen molar-refractivity contribution in [3.05, 3.63) is 54.2 Å². The van der Waals surface area contributed by atoms with Crippen LogP contribution in [0.25, 0.3) is 0 Å². The van der Waals surface area contributed by atoms with Crippen molar-refractivity contribution in [3.8, 4) is 0 Å². The molecule has 0 spiro atoms. The molecular weight excluding hydrogens is 416 g/mol. The lowest BCUT2D eigenvalue weighted by atomic mass is 9.91. The zero-order valence-corrected chi connectivity index (χ0v) is 18.4. The van der Waals surface area contributed by atoms with E-state index in [0.717, 1.165) is 32.2 Å². The molecule has 4 rings (SSSR count). The highest BCUT2D eigenvalue weighted by Gasteiger charge is 2.29. The van der Waals surface area contributed by atoms with E-state index in [0.29, 0.717) is 25.0 Å². The maximum absolute atomic E-state index is 12.8. The van der Waals surface area contributed by atoms with Crippen LogP contribution in [0, 0.1) is 0 Å². The molecule has 2 fully saturated rings. The third kappa shape index (κ3) is 5.23. The van der Waals surface area contributed by atoms with Gasteiger partial charge >= 0.3 is 6.09 Å². The number of sulfonamides is 1. The Bertz CT molecular complexity index is 990.